The molecule has 1 amide bonds. The van der Waals surface area contributed by atoms with Crippen LogP contribution in [0.25, 0.3) is 0 Å². The molecule has 0 saturated heterocycles. The maximum Gasteiger partial charge on any atom is 0.410 e. The van der Waals surface area contributed by atoms with E-state index in [1.54, 1.807) is 12.1 Å². The van der Waals surface area contributed by atoms with Gasteiger partial charge in [0.05, 0.1) is 24.3 Å². The minimum absolute atomic E-state index is 0.124. The summed E-state index contributed by atoms with van der Waals surface area (Å²) in [5, 5.41) is 0.703. The van der Waals surface area contributed by atoms with Crippen LogP contribution in [0.5, 0.6) is 0 Å². The Morgan fingerprint density at radius 3 is 2.60 bits per heavy atom. The summed E-state index contributed by atoms with van der Waals surface area (Å²) in [6, 6.07) is 16.7. The first-order valence-electron chi connectivity index (χ1n) is 9.49. The quantitative estimate of drug-likeness (QED) is 0.564. The summed E-state index contributed by atoms with van der Waals surface area (Å²) in [5.74, 6) is 0. The maximum absolute atomic E-state index is 13.1. The molecule has 0 saturated carbocycles. The van der Waals surface area contributed by atoms with Crippen molar-refractivity contribution in [3.05, 3.63) is 97.6 Å². The molecular formula is C22H19Cl2N3O3. The number of benzene rings is 2. The summed E-state index contributed by atoms with van der Waals surface area (Å²) < 4.78 is 6.80. The van der Waals surface area contributed by atoms with E-state index in [4.69, 9.17) is 27.9 Å². The fourth-order valence-electron chi connectivity index (χ4n) is 3.41. The van der Waals surface area contributed by atoms with Gasteiger partial charge in [-0.15, -0.1) is 0 Å². The molecule has 1 aromatic heterocycles. The fraction of sp³-hybridized carbons (Fsp3) is 0.227. The molecule has 2 aromatic carbocycles. The largest absolute Gasteiger partial charge is 0.445 e. The van der Waals surface area contributed by atoms with Gasteiger partial charge in [-0.05, 0) is 34.9 Å². The van der Waals surface area contributed by atoms with Crippen molar-refractivity contribution in [3.8, 4) is 0 Å². The molecule has 154 valence electrons. The molecule has 0 spiro atoms. The van der Waals surface area contributed by atoms with Crippen LogP contribution in [0.3, 0.4) is 0 Å². The van der Waals surface area contributed by atoms with Crippen LogP contribution in [-0.4, -0.2) is 27.1 Å². The van der Waals surface area contributed by atoms with E-state index in [0.717, 1.165) is 11.1 Å². The lowest BCUT2D eigenvalue weighted by Crippen LogP contribution is -2.41. The van der Waals surface area contributed by atoms with Gasteiger partial charge in [0, 0.05) is 18.0 Å². The van der Waals surface area contributed by atoms with E-state index in [1.807, 2.05) is 42.5 Å². The average molecular weight is 444 g/mol. The molecule has 0 unspecified atom stereocenters. The molecule has 0 radical (unpaired) electrons. The lowest BCUT2D eigenvalue weighted by molar-refractivity contribution is 0.0913. The summed E-state index contributed by atoms with van der Waals surface area (Å²) >= 11 is 12.3. The minimum Gasteiger partial charge on any atom is -0.445 e. The Kier molecular flexibility index (Phi) is 6.06. The smallest absolute Gasteiger partial charge is 0.410 e. The first-order valence-corrected chi connectivity index (χ1v) is 10.2. The first kappa shape index (κ1) is 20.4. The zero-order chi connectivity index (χ0) is 21.1. The minimum atomic E-state index is -0.458. The van der Waals surface area contributed by atoms with Gasteiger partial charge >= 0.3 is 6.09 Å². The number of fused-ring (bicyclic) bond motifs is 1. The molecule has 3 aromatic rings. The Labute approximate surface area is 183 Å². The van der Waals surface area contributed by atoms with Crippen LogP contribution in [0.4, 0.5) is 4.79 Å². The highest BCUT2D eigenvalue weighted by Gasteiger charge is 2.27. The zero-order valence-corrected chi connectivity index (χ0v) is 17.6. The average Bonchev–Trinajstić information content (AvgIpc) is 2.75. The van der Waals surface area contributed by atoms with E-state index in [-0.39, 0.29) is 30.5 Å². The molecule has 4 rings (SSSR count). The highest BCUT2D eigenvalue weighted by atomic mass is 35.5. The molecule has 1 aliphatic rings. The van der Waals surface area contributed by atoms with Gasteiger partial charge in [-0.3, -0.25) is 9.36 Å². The molecule has 0 atom stereocenters. The number of hydrogen-bond donors (Lipinski definition) is 0. The summed E-state index contributed by atoms with van der Waals surface area (Å²) in [4.78, 5) is 31.5. The molecule has 6 nitrogen and oxygen atoms in total. The topological polar surface area (TPSA) is 64.4 Å². The summed E-state index contributed by atoms with van der Waals surface area (Å²) in [7, 11) is 0. The van der Waals surface area contributed by atoms with Gasteiger partial charge in [-0.1, -0.05) is 54.1 Å². The van der Waals surface area contributed by atoms with E-state index >= 15 is 0 Å². The second-order valence-corrected chi connectivity index (χ2v) is 7.81. The second kappa shape index (κ2) is 8.90. The molecule has 8 heteroatoms. The summed E-state index contributed by atoms with van der Waals surface area (Å²) in [6.07, 6.45) is -0.0109. The first-order chi connectivity index (χ1) is 14.5. The second-order valence-electron chi connectivity index (χ2n) is 7.04. The van der Waals surface area contributed by atoms with Gasteiger partial charge in [-0.2, -0.15) is 0 Å². The maximum atomic E-state index is 13.1. The predicted octanol–water partition coefficient (Wildman–Crippen LogP) is 4.29. The van der Waals surface area contributed by atoms with E-state index in [2.05, 4.69) is 4.98 Å². The molecule has 30 heavy (non-hydrogen) atoms. The molecule has 0 bridgehead atoms. The Morgan fingerprint density at radius 1 is 1.07 bits per heavy atom. The van der Waals surface area contributed by atoms with Crippen molar-refractivity contribution in [2.75, 3.05) is 6.54 Å². The molecular weight excluding hydrogens is 425 g/mol. The third-order valence-corrected chi connectivity index (χ3v) is 5.49. The van der Waals surface area contributed by atoms with Crippen molar-refractivity contribution in [3.63, 3.8) is 0 Å². The number of nitrogens with zero attached hydrogens (tertiary/aromatic N) is 3. The van der Waals surface area contributed by atoms with E-state index < -0.39 is 6.09 Å². The number of halogens is 2. The normalized spacial score (nSPS) is 13.1. The highest BCUT2D eigenvalue weighted by Crippen LogP contribution is 2.19. The fourth-order valence-corrected chi connectivity index (χ4v) is 3.86. The van der Waals surface area contributed by atoms with Crippen molar-refractivity contribution in [1.82, 2.24) is 14.5 Å². The van der Waals surface area contributed by atoms with Crippen LogP contribution in [0, 0.1) is 0 Å². The number of rotatable bonds is 4. The highest BCUT2D eigenvalue weighted by molar-refractivity contribution is 6.30. The van der Waals surface area contributed by atoms with Crippen LogP contribution < -0.4 is 5.56 Å². The standard InChI is InChI=1S/C22H19Cl2N3O3/c23-17-8-4-7-16(11-17)12-27-20(28)18-13-26(10-9-19(18)25-21(27)24)22(29)30-14-15-5-2-1-3-6-15/h1-8,11H,9-10,12-14H2. The van der Waals surface area contributed by atoms with Gasteiger partial charge < -0.3 is 9.64 Å². The van der Waals surface area contributed by atoms with Crippen LogP contribution in [0.15, 0.2) is 59.4 Å². The van der Waals surface area contributed by atoms with Crippen molar-refractivity contribution in [2.45, 2.75) is 26.1 Å². The Hall–Kier alpha value is -2.83. The number of carbonyl (C=O) groups excluding carboxylic acids is 1. The van der Waals surface area contributed by atoms with Crippen LogP contribution in [-0.2, 0) is 30.9 Å². The third kappa shape index (κ3) is 4.50. The molecule has 0 aliphatic carbocycles. The third-order valence-electron chi connectivity index (χ3n) is 4.96. The summed E-state index contributed by atoms with van der Waals surface area (Å²) in [5.41, 5.74) is 2.57. The van der Waals surface area contributed by atoms with Crippen LogP contribution in [0.2, 0.25) is 10.3 Å². The predicted molar refractivity (Wildman–Crippen MR) is 115 cm³/mol. The van der Waals surface area contributed by atoms with Crippen LogP contribution in [0.1, 0.15) is 22.4 Å². The van der Waals surface area contributed by atoms with Crippen molar-refractivity contribution < 1.29 is 9.53 Å². The zero-order valence-electron chi connectivity index (χ0n) is 16.1. The molecule has 0 fully saturated rings. The van der Waals surface area contributed by atoms with Gasteiger partial charge in [0.25, 0.3) is 5.56 Å². The van der Waals surface area contributed by atoms with Crippen LogP contribution >= 0.6 is 23.2 Å². The van der Waals surface area contributed by atoms with Crippen molar-refractivity contribution >= 4 is 29.3 Å². The number of carbonyl (C=O) groups is 1. The number of ether oxygens (including phenoxy) is 1. The molecule has 1 aliphatic heterocycles. The lowest BCUT2D eigenvalue weighted by Gasteiger charge is -2.27. The Morgan fingerprint density at radius 2 is 1.83 bits per heavy atom. The number of aromatic nitrogens is 2. The Bertz CT molecular complexity index is 1130. The van der Waals surface area contributed by atoms with Gasteiger partial charge in [0.15, 0.2) is 0 Å². The summed E-state index contributed by atoms with van der Waals surface area (Å²) in [6.45, 7) is 0.987. The monoisotopic (exact) mass is 443 g/mol. The SMILES string of the molecule is O=C(OCc1ccccc1)N1CCc2nc(Cl)n(Cc3cccc(Cl)c3)c(=O)c2C1. The van der Waals surface area contributed by atoms with Gasteiger partial charge in [0.2, 0.25) is 5.28 Å². The number of hydrogen-bond acceptors (Lipinski definition) is 4. The molecule has 2 heterocycles. The van der Waals surface area contributed by atoms with E-state index in [0.29, 0.717) is 29.2 Å². The van der Waals surface area contributed by atoms with Crippen molar-refractivity contribution in [1.29, 1.82) is 0 Å². The molecule has 0 N–H and O–H groups in total. The van der Waals surface area contributed by atoms with Gasteiger partial charge in [-0.25, -0.2) is 9.78 Å². The van der Waals surface area contributed by atoms with E-state index in [1.165, 1.54) is 9.47 Å². The number of amides is 1. The van der Waals surface area contributed by atoms with Gasteiger partial charge in [0.1, 0.15) is 6.61 Å². The Balaban J connectivity index is 1.52. The lowest BCUT2D eigenvalue weighted by atomic mass is 10.1. The van der Waals surface area contributed by atoms with E-state index in [9.17, 15) is 9.59 Å². The van der Waals surface area contributed by atoms with Crippen molar-refractivity contribution in [2.24, 2.45) is 0 Å².